The molecule has 0 amide bonds. The standard InChI is InChI=1S/C14H23N3/c1-11-6-3-4-9-14(11,10-15)17-13-8-5-7-12(2)16-13/h5,7-8,11H,3-4,6,9-10,15H2,1-2H3,(H,16,17). The van der Waals surface area contributed by atoms with Gasteiger partial charge in [-0.15, -0.1) is 0 Å². The van der Waals surface area contributed by atoms with E-state index in [4.69, 9.17) is 5.73 Å². The van der Waals surface area contributed by atoms with Crippen LogP contribution in [0, 0.1) is 12.8 Å². The van der Waals surface area contributed by atoms with Gasteiger partial charge in [-0.05, 0) is 37.8 Å². The fourth-order valence-corrected chi connectivity index (χ4v) is 2.82. The van der Waals surface area contributed by atoms with Crippen LogP contribution in [0.1, 0.15) is 38.3 Å². The zero-order valence-corrected chi connectivity index (χ0v) is 10.9. The molecule has 2 atom stereocenters. The van der Waals surface area contributed by atoms with Crippen molar-refractivity contribution in [1.29, 1.82) is 0 Å². The molecule has 3 heteroatoms. The van der Waals surface area contributed by atoms with Crippen molar-refractivity contribution in [2.45, 2.75) is 45.1 Å². The maximum Gasteiger partial charge on any atom is 0.126 e. The van der Waals surface area contributed by atoms with Gasteiger partial charge < -0.3 is 11.1 Å². The van der Waals surface area contributed by atoms with Gasteiger partial charge in [0.2, 0.25) is 0 Å². The highest BCUT2D eigenvalue weighted by molar-refractivity contribution is 5.39. The summed E-state index contributed by atoms with van der Waals surface area (Å²) in [6, 6.07) is 6.10. The van der Waals surface area contributed by atoms with Crippen molar-refractivity contribution in [3.8, 4) is 0 Å². The second-order valence-corrected chi connectivity index (χ2v) is 5.30. The van der Waals surface area contributed by atoms with Gasteiger partial charge in [0, 0.05) is 12.2 Å². The molecule has 2 rings (SSSR count). The summed E-state index contributed by atoms with van der Waals surface area (Å²) in [4.78, 5) is 4.53. The number of nitrogens with two attached hydrogens (primary N) is 1. The van der Waals surface area contributed by atoms with E-state index in [1.165, 1.54) is 19.3 Å². The van der Waals surface area contributed by atoms with E-state index in [0.717, 1.165) is 17.9 Å². The van der Waals surface area contributed by atoms with Crippen molar-refractivity contribution in [1.82, 2.24) is 4.98 Å². The molecule has 0 saturated heterocycles. The molecule has 1 saturated carbocycles. The van der Waals surface area contributed by atoms with Gasteiger partial charge in [-0.2, -0.15) is 0 Å². The van der Waals surface area contributed by atoms with Crippen LogP contribution >= 0.6 is 0 Å². The third-order valence-electron chi connectivity index (χ3n) is 4.08. The minimum absolute atomic E-state index is 0.0407. The summed E-state index contributed by atoms with van der Waals surface area (Å²) < 4.78 is 0. The molecule has 1 aromatic heterocycles. The van der Waals surface area contributed by atoms with Gasteiger partial charge in [0.25, 0.3) is 0 Å². The number of hydrogen-bond donors (Lipinski definition) is 2. The van der Waals surface area contributed by atoms with Gasteiger partial charge in [-0.1, -0.05) is 25.8 Å². The van der Waals surface area contributed by atoms with Crippen LogP contribution in [0.15, 0.2) is 18.2 Å². The average molecular weight is 233 g/mol. The summed E-state index contributed by atoms with van der Waals surface area (Å²) in [6.45, 7) is 5.00. The highest BCUT2D eigenvalue weighted by Gasteiger charge is 2.37. The number of aromatic nitrogens is 1. The molecule has 0 radical (unpaired) electrons. The maximum atomic E-state index is 6.02. The number of rotatable bonds is 3. The first-order valence-corrected chi connectivity index (χ1v) is 6.58. The molecule has 1 aliphatic carbocycles. The van der Waals surface area contributed by atoms with Crippen LogP contribution in [0.4, 0.5) is 5.82 Å². The second kappa shape index (κ2) is 5.05. The van der Waals surface area contributed by atoms with Gasteiger partial charge in [0.05, 0.1) is 5.54 Å². The lowest BCUT2D eigenvalue weighted by Gasteiger charge is -2.43. The second-order valence-electron chi connectivity index (χ2n) is 5.30. The van der Waals surface area contributed by atoms with Gasteiger partial charge in [0.15, 0.2) is 0 Å². The molecular weight excluding hydrogens is 210 g/mol. The van der Waals surface area contributed by atoms with Crippen LogP contribution in [-0.4, -0.2) is 17.1 Å². The third kappa shape index (κ3) is 2.60. The first-order chi connectivity index (χ1) is 8.16. The molecule has 17 heavy (non-hydrogen) atoms. The van der Waals surface area contributed by atoms with Gasteiger partial charge >= 0.3 is 0 Å². The summed E-state index contributed by atoms with van der Waals surface area (Å²) in [6.07, 6.45) is 5.00. The molecule has 3 nitrogen and oxygen atoms in total. The number of hydrogen-bond acceptors (Lipinski definition) is 3. The molecule has 2 unspecified atom stereocenters. The summed E-state index contributed by atoms with van der Waals surface area (Å²) in [5.74, 6) is 1.58. The fourth-order valence-electron chi connectivity index (χ4n) is 2.82. The normalized spacial score (nSPS) is 29.0. The van der Waals surface area contributed by atoms with E-state index < -0.39 is 0 Å². The monoisotopic (exact) mass is 233 g/mol. The Morgan fingerprint density at radius 3 is 2.94 bits per heavy atom. The van der Waals surface area contributed by atoms with E-state index in [1.54, 1.807) is 0 Å². The smallest absolute Gasteiger partial charge is 0.126 e. The number of aryl methyl sites for hydroxylation is 1. The van der Waals surface area contributed by atoms with Gasteiger partial charge in [-0.25, -0.2) is 4.98 Å². The van der Waals surface area contributed by atoms with Crippen molar-refractivity contribution < 1.29 is 0 Å². The first-order valence-electron chi connectivity index (χ1n) is 6.58. The van der Waals surface area contributed by atoms with Crippen molar-refractivity contribution in [3.63, 3.8) is 0 Å². The highest BCUT2D eigenvalue weighted by atomic mass is 15.1. The van der Waals surface area contributed by atoms with Crippen molar-refractivity contribution in [2.24, 2.45) is 11.7 Å². The van der Waals surface area contributed by atoms with Gasteiger partial charge in [0.1, 0.15) is 5.82 Å². The predicted molar refractivity (Wildman–Crippen MR) is 72.0 cm³/mol. The molecule has 94 valence electrons. The van der Waals surface area contributed by atoms with Crippen LogP contribution in [0.25, 0.3) is 0 Å². The molecule has 1 aliphatic rings. The minimum Gasteiger partial charge on any atom is -0.363 e. The van der Waals surface area contributed by atoms with E-state index in [-0.39, 0.29) is 5.54 Å². The van der Waals surface area contributed by atoms with Crippen LogP contribution in [0.3, 0.4) is 0 Å². The van der Waals surface area contributed by atoms with Crippen molar-refractivity contribution in [3.05, 3.63) is 23.9 Å². The largest absolute Gasteiger partial charge is 0.363 e. The highest BCUT2D eigenvalue weighted by Crippen LogP contribution is 2.35. The summed E-state index contributed by atoms with van der Waals surface area (Å²) in [5.41, 5.74) is 7.11. The Morgan fingerprint density at radius 1 is 1.47 bits per heavy atom. The van der Waals surface area contributed by atoms with Crippen LogP contribution in [-0.2, 0) is 0 Å². The van der Waals surface area contributed by atoms with Gasteiger partial charge in [-0.3, -0.25) is 0 Å². The molecule has 0 bridgehead atoms. The molecule has 1 aromatic rings. The van der Waals surface area contributed by atoms with E-state index in [1.807, 2.05) is 25.1 Å². The maximum absolute atomic E-state index is 6.02. The number of nitrogens with zero attached hydrogens (tertiary/aromatic N) is 1. The Bertz CT molecular complexity index is 377. The molecule has 1 fully saturated rings. The Balaban J connectivity index is 2.18. The minimum atomic E-state index is 0.0407. The van der Waals surface area contributed by atoms with Crippen LogP contribution < -0.4 is 11.1 Å². The SMILES string of the molecule is Cc1cccc(NC2(CN)CCCCC2C)n1. The summed E-state index contributed by atoms with van der Waals surface area (Å²) in [7, 11) is 0. The quantitative estimate of drug-likeness (QED) is 0.844. The van der Waals surface area contributed by atoms with Crippen LogP contribution in [0.5, 0.6) is 0 Å². The average Bonchev–Trinajstić information content (AvgIpc) is 2.32. The molecule has 0 aliphatic heterocycles. The Kier molecular flexibility index (Phi) is 3.67. The molecule has 0 aromatic carbocycles. The molecule has 3 N–H and O–H groups in total. The fraction of sp³-hybridized carbons (Fsp3) is 0.643. The summed E-state index contributed by atoms with van der Waals surface area (Å²) >= 11 is 0. The zero-order chi connectivity index (χ0) is 12.3. The molecular formula is C14H23N3. The predicted octanol–water partition coefficient (Wildman–Crippen LogP) is 2.71. The Hall–Kier alpha value is -1.09. The number of anilines is 1. The van der Waals surface area contributed by atoms with E-state index in [9.17, 15) is 0 Å². The van der Waals surface area contributed by atoms with E-state index in [0.29, 0.717) is 12.5 Å². The lowest BCUT2D eigenvalue weighted by atomic mass is 9.73. The van der Waals surface area contributed by atoms with E-state index >= 15 is 0 Å². The third-order valence-corrected chi connectivity index (χ3v) is 4.08. The number of pyridine rings is 1. The first kappa shape index (κ1) is 12.4. The summed E-state index contributed by atoms with van der Waals surface area (Å²) in [5, 5.41) is 3.60. The van der Waals surface area contributed by atoms with E-state index in [2.05, 4.69) is 17.2 Å². The Morgan fingerprint density at radius 2 is 2.29 bits per heavy atom. The lowest BCUT2D eigenvalue weighted by molar-refractivity contribution is 0.235. The zero-order valence-electron chi connectivity index (χ0n) is 10.9. The van der Waals surface area contributed by atoms with Crippen molar-refractivity contribution >= 4 is 5.82 Å². The topological polar surface area (TPSA) is 50.9 Å². The molecule has 1 heterocycles. The lowest BCUT2D eigenvalue weighted by Crippen LogP contribution is -2.52. The Labute approximate surface area is 104 Å². The van der Waals surface area contributed by atoms with Crippen LogP contribution in [0.2, 0.25) is 0 Å². The van der Waals surface area contributed by atoms with Crippen molar-refractivity contribution in [2.75, 3.05) is 11.9 Å². The molecule has 0 spiro atoms. The number of nitrogens with one attached hydrogen (secondary N) is 1.